The zero-order valence-electron chi connectivity index (χ0n) is 6.84. The van der Waals surface area contributed by atoms with Crippen LogP contribution in [0, 0.1) is 5.92 Å². The lowest BCUT2D eigenvalue weighted by molar-refractivity contribution is 0.144. The first-order valence-electron chi connectivity index (χ1n) is 4.58. The van der Waals surface area contributed by atoms with Crippen LogP contribution in [0.3, 0.4) is 0 Å². The van der Waals surface area contributed by atoms with E-state index in [9.17, 15) is 0 Å². The minimum atomic E-state index is 0.966. The molecule has 0 spiro atoms. The highest BCUT2D eigenvalue weighted by molar-refractivity contribution is 4.87. The topological polar surface area (TPSA) is 3.24 Å². The molecule has 0 N–H and O–H groups in total. The Labute approximate surface area is 63.4 Å². The lowest BCUT2D eigenvalue weighted by Crippen LogP contribution is -2.39. The molecule has 2 aliphatic rings. The minimum Gasteiger partial charge on any atom is -0.303 e. The minimum absolute atomic E-state index is 0.966. The van der Waals surface area contributed by atoms with E-state index in [0.717, 1.165) is 12.0 Å². The van der Waals surface area contributed by atoms with E-state index in [2.05, 4.69) is 11.9 Å². The van der Waals surface area contributed by atoms with E-state index in [1.165, 1.54) is 38.6 Å². The fourth-order valence-corrected chi connectivity index (χ4v) is 2.70. The Kier molecular flexibility index (Phi) is 1.69. The summed E-state index contributed by atoms with van der Waals surface area (Å²) < 4.78 is 0. The summed E-state index contributed by atoms with van der Waals surface area (Å²) in [5.74, 6) is 1.07. The van der Waals surface area contributed by atoms with E-state index in [4.69, 9.17) is 0 Å². The molecule has 1 heterocycles. The van der Waals surface area contributed by atoms with Crippen LogP contribution in [0.25, 0.3) is 0 Å². The molecule has 1 unspecified atom stereocenters. The van der Waals surface area contributed by atoms with E-state index in [1.54, 1.807) is 0 Å². The maximum Gasteiger partial charge on any atom is 0.0120 e. The zero-order valence-corrected chi connectivity index (χ0v) is 6.84. The molecule has 0 bridgehead atoms. The molecule has 2 atom stereocenters. The normalized spacial score (nSPS) is 41.7. The van der Waals surface area contributed by atoms with Crippen molar-refractivity contribution in [3.63, 3.8) is 0 Å². The predicted octanol–water partition coefficient (Wildman–Crippen LogP) is 1.88. The number of piperidine rings is 1. The molecule has 1 saturated heterocycles. The molecule has 1 saturated carbocycles. The van der Waals surface area contributed by atoms with E-state index in [0.29, 0.717) is 0 Å². The summed E-state index contributed by atoms with van der Waals surface area (Å²) in [6, 6.07) is 0.966. The van der Waals surface area contributed by atoms with Crippen LogP contribution in [0.1, 0.15) is 32.1 Å². The van der Waals surface area contributed by atoms with Crippen molar-refractivity contribution < 1.29 is 0 Å². The molecule has 2 fully saturated rings. The lowest BCUT2D eigenvalue weighted by atomic mass is 9.93. The van der Waals surface area contributed by atoms with Gasteiger partial charge in [-0.1, -0.05) is 6.42 Å². The van der Waals surface area contributed by atoms with Gasteiger partial charge in [0.25, 0.3) is 0 Å². The van der Waals surface area contributed by atoms with Crippen LogP contribution in [-0.4, -0.2) is 24.5 Å². The van der Waals surface area contributed by atoms with E-state index < -0.39 is 0 Å². The number of fused-ring (bicyclic) bond motifs is 1. The Hall–Kier alpha value is -0.0400. The fraction of sp³-hybridized carbons (Fsp3) is 1.00. The molecular formula is C9H17N. The van der Waals surface area contributed by atoms with E-state index in [1.807, 2.05) is 0 Å². The maximum atomic E-state index is 2.57. The van der Waals surface area contributed by atoms with Gasteiger partial charge in [0.1, 0.15) is 0 Å². The summed E-state index contributed by atoms with van der Waals surface area (Å²) in [5.41, 5.74) is 0. The van der Waals surface area contributed by atoms with Gasteiger partial charge in [-0.15, -0.1) is 0 Å². The van der Waals surface area contributed by atoms with Gasteiger partial charge in [-0.05, 0) is 45.2 Å². The molecule has 2 rings (SSSR count). The quantitative estimate of drug-likeness (QED) is 0.495. The van der Waals surface area contributed by atoms with Gasteiger partial charge in [0, 0.05) is 6.04 Å². The molecule has 1 aliphatic heterocycles. The third kappa shape index (κ3) is 0.968. The Balaban J connectivity index is 2.03. The average molecular weight is 139 g/mol. The molecule has 58 valence electrons. The second-order valence-electron chi connectivity index (χ2n) is 3.88. The van der Waals surface area contributed by atoms with Gasteiger partial charge >= 0.3 is 0 Å². The highest BCUT2D eigenvalue weighted by Gasteiger charge is 2.32. The van der Waals surface area contributed by atoms with Gasteiger partial charge in [-0.25, -0.2) is 0 Å². The molecule has 0 radical (unpaired) electrons. The fourth-order valence-electron chi connectivity index (χ4n) is 2.70. The Morgan fingerprint density at radius 3 is 2.70 bits per heavy atom. The third-order valence-electron chi connectivity index (χ3n) is 3.27. The number of hydrogen-bond donors (Lipinski definition) is 0. The van der Waals surface area contributed by atoms with Gasteiger partial charge in [0.05, 0.1) is 0 Å². The molecule has 0 aromatic heterocycles. The van der Waals surface area contributed by atoms with Crippen LogP contribution in [0.2, 0.25) is 0 Å². The van der Waals surface area contributed by atoms with Crippen molar-refractivity contribution in [2.24, 2.45) is 5.92 Å². The third-order valence-corrected chi connectivity index (χ3v) is 3.27. The van der Waals surface area contributed by atoms with Gasteiger partial charge in [-0.3, -0.25) is 0 Å². The van der Waals surface area contributed by atoms with Gasteiger partial charge < -0.3 is 4.90 Å². The number of nitrogens with zero attached hydrogens (tertiary/aromatic N) is 1. The number of rotatable bonds is 0. The van der Waals surface area contributed by atoms with Crippen molar-refractivity contribution in [1.29, 1.82) is 0 Å². The molecule has 1 heteroatoms. The largest absolute Gasteiger partial charge is 0.303 e. The van der Waals surface area contributed by atoms with Crippen LogP contribution in [0.4, 0.5) is 0 Å². The summed E-state index contributed by atoms with van der Waals surface area (Å²) in [7, 11) is 2.29. The van der Waals surface area contributed by atoms with Crippen LogP contribution in [-0.2, 0) is 0 Å². The SMILES string of the molecule is CN1CCC[C@@H]2CCCC21. The van der Waals surface area contributed by atoms with Crippen molar-refractivity contribution in [1.82, 2.24) is 4.90 Å². The highest BCUT2D eigenvalue weighted by atomic mass is 15.1. The Morgan fingerprint density at radius 1 is 1.10 bits per heavy atom. The van der Waals surface area contributed by atoms with Crippen molar-refractivity contribution in [2.45, 2.75) is 38.1 Å². The first-order valence-corrected chi connectivity index (χ1v) is 4.58. The smallest absolute Gasteiger partial charge is 0.0120 e. The van der Waals surface area contributed by atoms with Crippen LogP contribution in [0.5, 0.6) is 0 Å². The molecule has 1 nitrogen and oxygen atoms in total. The molecule has 0 aromatic rings. The number of hydrogen-bond acceptors (Lipinski definition) is 1. The standard InChI is InChI=1S/C9H17N/c1-10-7-3-5-8-4-2-6-9(8)10/h8-9H,2-7H2,1H3/t8-,9?/m0/s1. The van der Waals surface area contributed by atoms with Crippen LogP contribution >= 0.6 is 0 Å². The molecule has 0 amide bonds. The van der Waals surface area contributed by atoms with Crippen molar-refractivity contribution in [3.05, 3.63) is 0 Å². The van der Waals surface area contributed by atoms with Crippen LogP contribution < -0.4 is 0 Å². The molecule has 1 aliphatic carbocycles. The highest BCUT2D eigenvalue weighted by Crippen LogP contribution is 2.35. The molecular weight excluding hydrogens is 122 g/mol. The average Bonchev–Trinajstić information content (AvgIpc) is 2.36. The second kappa shape index (κ2) is 2.54. The van der Waals surface area contributed by atoms with Gasteiger partial charge in [0.2, 0.25) is 0 Å². The van der Waals surface area contributed by atoms with Crippen molar-refractivity contribution in [2.75, 3.05) is 13.6 Å². The monoisotopic (exact) mass is 139 g/mol. The molecule has 10 heavy (non-hydrogen) atoms. The summed E-state index contributed by atoms with van der Waals surface area (Å²) in [4.78, 5) is 2.57. The second-order valence-corrected chi connectivity index (χ2v) is 3.88. The summed E-state index contributed by atoms with van der Waals surface area (Å²) in [6.07, 6.45) is 7.42. The zero-order chi connectivity index (χ0) is 6.97. The molecule has 0 aromatic carbocycles. The first kappa shape index (κ1) is 6.66. The predicted molar refractivity (Wildman–Crippen MR) is 43.0 cm³/mol. The van der Waals surface area contributed by atoms with E-state index >= 15 is 0 Å². The van der Waals surface area contributed by atoms with Crippen LogP contribution in [0.15, 0.2) is 0 Å². The van der Waals surface area contributed by atoms with Crippen molar-refractivity contribution in [3.8, 4) is 0 Å². The van der Waals surface area contributed by atoms with Gasteiger partial charge in [0.15, 0.2) is 0 Å². The maximum absolute atomic E-state index is 2.57. The summed E-state index contributed by atoms with van der Waals surface area (Å²) in [5, 5.41) is 0. The lowest BCUT2D eigenvalue weighted by Gasteiger charge is -2.34. The first-order chi connectivity index (χ1) is 4.88. The van der Waals surface area contributed by atoms with Gasteiger partial charge in [-0.2, -0.15) is 0 Å². The Morgan fingerprint density at radius 2 is 1.90 bits per heavy atom. The summed E-state index contributed by atoms with van der Waals surface area (Å²) in [6.45, 7) is 1.35. The summed E-state index contributed by atoms with van der Waals surface area (Å²) >= 11 is 0. The number of likely N-dealkylation sites (tertiary alicyclic amines) is 1. The van der Waals surface area contributed by atoms with Crippen molar-refractivity contribution >= 4 is 0 Å². The Bertz CT molecular complexity index is 122. The van der Waals surface area contributed by atoms with E-state index in [-0.39, 0.29) is 0 Å².